The van der Waals surface area contributed by atoms with Gasteiger partial charge in [0.2, 0.25) is 0 Å². The van der Waals surface area contributed by atoms with Crippen molar-refractivity contribution in [2.24, 2.45) is 0 Å². The van der Waals surface area contributed by atoms with Crippen molar-refractivity contribution in [3.8, 4) is 0 Å². The van der Waals surface area contributed by atoms with E-state index in [4.69, 9.17) is 0 Å². The van der Waals surface area contributed by atoms with Crippen LogP contribution in [0.15, 0.2) is 46.9 Å². The molecule has 0 heterocycles. The third kappa shape index (κ3) is 3.85. The SMILES string of the molecule is CC(Nc1ccccc1C(C)(C)C)c1ccc(F)c(Br)c1. The van der Waals surface area contributed by atoms with Crippen LogP contribution in [0.4, 0.5) is 10.1 Å². The highest BCUT2D eigenvalue weighted by atomic mass is 79.9. The number of benzene rings is 2. The first-order valence-corrected chi connectivity index (χ1v) is 7.89. The van der Waals surface area contributed by atoms with Crippen molar-refractivity contribution < 1.29 is 4.39 Å². The van der Waals surface area contributed by atoms with E-state index in [1.807, 2.05) is 18.2 Å². The Morgan fingerprint density at radius 3 is 2.38 bits per heavy atom. The first-order chi connectivity index (χ1) is 9.79. The lowest BCUT2D eigenvalue weighted by atomic mass is 9.85. The van der Waals surface area contributed by atoms with Crippen molar-refractivity contribution in [3.05, 3.63) is 63.9 Å². The molecule has 0 fully saturated rings. The van der Waals surface area contributed by atoms with E-state index in [1.54, 1.807) is 0 Å². The van der Waals surface area contributed by atoms with Crippen LogP contribution < -0.4 is 5.32 Å². The molecule has 0 saturated carbocycles. The van der Waals surface area contributed by atoms with Gasteiger partial charge in [0.15, 0.2) is 0 Å². The smallest absolute Gasteiger partial charge is 0.137 e. The van der Waals surface area contributed by atoms with Crippen LogP contribution in [0.2, 0.25) is 0 Å². The van der Waals surface area contributed by atoms with Gasteiger partial charge in [0.05, 0.1) is 4.47 Å². The molecule has 1 N–H and O–H groups in total. The summed E-state index contributed by atoms with van der Waals surface area (Å²) in [6, 6.07) is 13.6. The summed E-state index contributed by atoms with van der Waals surface area (Å²) in [7, 11) is 0. The molecule has 0 aromatic heterocycles. The molecule has 0 spiro atoms. The van der Waals surface area contributed by atoms with E-state index < -0.39 is 0 Å². The molecular weight excluding hydrogens is 329 g/mol. The fraction of sp³-hybridized carbons (Fsp3) is 0.333. The van der Waals surface area contributed by atoms with Crippen molar-refractivity contribution in [1.29, 1.82) is 0 Å². The van der Waals surface area contributed by atoms with Crippen molar-refractivity contribution in [1.82, 2.24) is 0 Å². The highest BCUT2D eigenvalue weighted by molar-refractivity contribution is 9.10. The average Bonchev–Trinajstić information content (AvgIpc) is 2.41. The number of nitrogens with one attached hydrogen (secondary N) is 1. The molecule has 0 amide bonds. The number of hydrogen-bond acceptors (Lipinski definition) is 1. The first-order valence-electron chi connectivity index (χ1n) is 7.10. The molecule has 1 nitrogen and oxygen atoms in total. The van der Waals surface area contributed by atoms with Crippen molar-refractivity contribution in [3.63, 3.8) is 0 Å². The van der Waals surface area contributed by atoms with Crippen LogP contribution in [0.3, 0.4) is 0 Å². The summed E-state index contributed by atoms with van der Waals surface area (Å²) in [5, 5.41) is 3.54. The maximum atomic E-state index is 13.3. The zero-order valence-corrected chi connectivity index (χ0v) is 14.5. The maximum Gasteiger partial charge on any atom is 0.137 e. The summed E-state index contributed by atoms with van der Waals surface area (Å²) in [6.07, 6.45) is 0. The predicted molar refractivity (Wildman–Crippen MR) is 91.3 cm³/mol. The van der Waals surface area contributed by atoms with E-state index in [-0.39, 0.29) is 17.3 Å². The topological polar surface area (TPSA) is 12.0 Å². The zero-order chi connectivity index (χ0) is 15.6. The van der Waals surface area contributed by atoms with Gasteiger partial charge in [0, 0.05) is 11.7 Å². The lowest BCUT2D eigenvalue weighted by Gasteiger charge is -2.26. The van der Waals surface area contributed by atoms with Crippen LogP contribution in [0.25, 0.3) is 0 Å². The Balaban J connectivity index is 2.27. The van der Waals surface area contributed by atoms with Gasteiger partial charge < -0.3 is 5.32 Å². The summed E-state index contributed by atoms with van der Waals surface area (Å²) in [5.41, 5.74) is 3.52. The van der Waals surface area contributed by atoms with E-state index in [1.165, 1.54) is 11.6 Å². The Bertz CT molecular complexity index is 631. The second-order valence-corrected chi connectivity index (χ2v) is 7.19. The molecule has 0 bridgehead atoms. The molecule has 0 aliphatic rings. The molecule has 112 valence electrons. The molecule has 0 aliphatic heterocycles. The van der Waals surface area contributed by atoms with E-state index in [2.05, 4.69) is 67.1 Å². The van der Waals surface area contributed by atoms with Gasteiger partial charge in [-0.25, -0.2) is 4.39 Å². The number of rotatable bonds is 3. The number of para-hydroxylation sites is 1. The van der Waals surface area contributed by atoms with Crippen LogP contribution in [0, 0.1) is 5.82 Å². The molecule has 0 aliphatic carbocycles. The minimum absolute atomic E-state index is 0.0761. The molecule has 2 rings (SSSR count). The van der Waals surface area contributed by atoms with Gasteiger partial charge in [-0.1, -0.05) is 45.0 Å². The second kappa shape index (κ2) is 6.18. The largest absolute Gasteiger partial charge is 0.378 e. The van der Waals surface area contributed by atoms with E-state index in [9.17, 15) is 4.39 Å². The Morgan fingerprint density at radius 1 is 1.10 bits per heavy atom. The highest BCUT2D eigenvalue weighted by Gasteiger charge is 2.18. The lowest BCUT2D eigenvalue weighted by molar-refractivity contribution is 0.590. The summed E-state index contributed by atoms with van der Waals surface area (Å²) < 4.78 is 13.8. The van der Waals surface area contributed by atoms with Crippen molar-refractivity contribution >= 4 is 21.6 Å². The van der Waals surface area contributed by atoms with Gasteiger partial charge in [0.25, 0.3) is 0 Å². The first kappa shape index (κ1) is 16.0. The van der Waals surface area contributed by atoms with E-state index in [0.717, 1.165) is 11.3 Å². The minimum Gasteiger partial charge on any atom is -0.378 e. The van der Waals surface area contributed by atoms with Crippen LogP contribution in [0.5, 0.6) is 0 Å². The third-order valence-corrected chi connectivity index (χ3v) is 4.16. The van der Waals surface area contributed by atoms with Crippen molar-refractivity contribution in [2.75, 3.05) is 5.32 Å². The number of halogens is 2. The van der Waals surface area contributed by atoms with Gasteiger partial charge in [-0.2, -0.15) is 0 Å². The van der Waals surface area contributed by atoms with E-state index in [0.29, 0.717) is 4.47 Å². The van der Waals surface area contributed by atoms with Gasteiger partial charge in [-0.15, -0.1) is 0 Å². The molecule has 1 atom stereocenters. The molecule has 21 heavy (non-hydrogen) atoms. The molecule has 2 aromatic rings. The molecule has 0 radical (unpaired) electrons. The predicted octanol–water partition coefficient (Wildman–Crippen LogP) is 6.06. The standard InChI is InChI=1S/C18H21BrFN/c1-12(13-9-10-16(20)15(19)11-13)21-17-8-6-5-7-14(17)18(2,3)4/h5-12,21H,1-4H3. The zero-order valence-electron chi connectivity index (χ0n) is 12.9. The van der Waals surface area contributed by atoms with Gasteiger partial charge in [-0.3, -0.25) is 0 Å². The average molecular weight is 350 g/mol. The van der Waals surface area contributed by atoms with Crippen LogP contribution in [0.1, 0.15) is 44.9 Å². The molecule has 1 unspecified atom stereocenters. The molecule has 2 aromatic carbocycles. The second-order valence-electron chi connectivity index (χ2n) is 6.34. The monoisotopic (exact) mass is 349 g/mol. The van der Waals surface area contributed by atoms with Crippen LogP contribution in [-0.4, -0.2) is 0 Å². The molecular formula is C18H21BrFN. The fourth-order valence-corrected chi connectivity index (χ4v) is 2.76. The van der Waals surface area contributed by atoms with Gasteiger partial charge in [-0.05, 0) is 57.6 Å². The van der Waals surface area contributed by atoms with Gasteiger partial charge >= 0.3 is 0 Å². The number of anilines is 1. The maximum absolute atomic E-state index is 13.3. The summed E-state index contributed by atoms with van der Waals surface area (Å²) in [4.78, 5) is 0. The summed E-state index contributed by atoms with van der Waals surface area (Å²) in [6.45, 7) is 8.69. The molecule has 3 heteroatoms. The minimum atomic E-state index is -0.235. The van der Waals surface area contributed by atoms with Crippen LogP contribution in [-0.2, 0) is 5.41 Å². The quantitative estimate of drug-likeness (QED) is 0.710. The Labute approximate surface area is 134 Å². The molecule has 0 saturated heterocycles. The van der Waals surface area contributed by atoms with Gasteiger partial charge in [0.1, 0.15) is 5.82 Å². The van der Waals surface area contributed by atoms with E-state index >= 15 is 0 Å². The fourth-order valence-electron chi connectivity index (χ4n) is 2.36. The van der Waals surface area contributed by atoms with Crippen molar-refractivity contribution in [2.45, 2.75) is 39.2 Å². The Hall–Kier alpha value is -1.35. The Kier molecular flexibility index (Phi) is 4.72. The lowest BCUT2D eigenvalue weighted by Crippen LogP contribution is -2.16. The highest BCUT2D eigenvalue weighted by Crippen LogP contribution is 2.32. The third-order valence-electron chi connectivity index (χ3n) is 3.55. The Morgan fingerprint density at radius 2 is 1.76 bits per heavy atom. The summed E-state index contributed by atoms with van der Waals surface area (Å²) >= 11 is 3.24. The van der Waals surface area contributed by atoms with Crippen LogP contribution >= 0.6 is 15.9 Å². The summed E-state index contributed by atoms with van der Waals surface area (Å²) in [5.74, 6) is -0.235. The normalized spacial score (nSPS) is 13.0. The number of hydrogen-bond donors (Lipinski definition) is 1.